The number of benzene rings is 1. The minimum atomic E-state index is -0.314. The van der Waals surface area contributed by atoms with Gasteiger partial charge in [-0.15, -0.1) is 0 Å². The van der Waals surface area contributed by atoms with Gasteiger partial charge >= 0.3 is 0 Å². The molecule has 0 radical (unpaired) electrons. The van der Waals surface area contributed by atoms with Gasteiger partial charge in [-0.05, 0) is 24.5 Å². The molecular weight excluding hydrogens is 241 g/mol. The molecule has 0 saturated carbocycles. The van der Waals surface area contributed by atoms with Gasteiger partial charge in [0.1, 0.15) is 5.82 Å². The Morgan fingerprint density at radius 1 is 1.41 bits per heavy atom. The van der Waals surface area contributed by atoms with Crippen LogP contribution in [0.1, 0.15) is 25.8 Å². The predicted molar refractivity (Wildman–Crippen MR) is 68.6 cm³/mol. The van der Waals surface area contributed by atoms with Gasteiger partial charge in [0, 0.05) is 23.2 Å². The Hall–Kier alpha value is -0.640. The first kappa shape index (κ1) is 14.4. The molecule has 0 amide bonds. The molecule has 0 aliphatic rings. The highest BCUT2D eigenvalue weighted by Crippen LogP contribution is 2.15. The highest BCUT2D eigenvalue weighted by Gasteiger charge is 2.10. The van der Waals surface area contributed by atoms with Gasteiger partial charge in [0.15, 0.2) is 0 Å². The molecule has 1 atom stereocenters. The largest absolute Gasteiger partial charge is 0.395 e. The lowest BCUT2D eigenvalue weighted by Crippen LogP contribution is -2.33. The third-order valence-corrected chi connectivity index (χ3v) is 2.81. The van der Waals surface area contributed by atoms with Crippen LogP contribution in [-0.4, -0.2) is 17.8 Å². The molecule has 1 unspecified atom stereocenters. The maximum Gasteiger partial charge on any atom is 0.129 e. The molecule has 96 valence electrons. The van der Waals surface area contributed by atoms with E-state index in [4.69, 9.17) is 11.6 Å². The summed E-state index contributed by atoms with van der Waals surface area (Å²) < 4.78 is 13.5. The summed E-state index contributed by atoms with van der Waals surface area (Å²) in [5.41, 5.74) is 0.566. The minimum absolute atomic E-state index is 0.00470. The van der Waals surface area contributed by atoms with Gasteiger partial charge in [-0.3, -0.25) is 0 Å². The molecule has 0 bridgehead atoms. The second-order valence-electron chi connectivity index (χ2n) is 4.63. The van der Waals surface area contributed by atoms with Crippen LogP contribution < -0.4 is 5.32 Å². The number of rotatable bonds is 6. The van der Waals surface area contributed by atoms with Crippen molar-refractivity contribution >= 4 is 11.6 Å². The first-order valence-electron chi connectivity index (χ1n) is 5.81. The second kappa shape index (κ2) is 6.94. The Balaban J connectivity index is 2.53. The molecule has 0 aliphatic heterocycles. The van der Waals surface area contributed by atoms with Crippen LogP contribution in [0.4, 0.5) is 4.39 Å². The molecule has 2 N–H and O–H groups in total. The summed E-state index contributed by atoms with van der Waals surface area (Å²) in [6, 6.07) is 4.63. The number of hydrogen-bond acceptors (Lipinski definition) is 2. The lowest BCUT2D eigenvalue weighted by Gasteiger charge is -2.18. The van der Waals surface area contributed by atoms with E-state index in [2.05, 4.69) is 19.2 Å². The smallest absolute Gasteiger partial charge is 0.129 e. The van der Waals surface area contributed by atoms with E-state index in [-0.39, 0.29) is 18.5 Å². The van der Waals surface area contributed by atoms with Crippen LogP contribution in [-0.2, 0) is 6.54 Å². The fourth-order valence-corrected chi connectivity index (χ4v) is 1.87. The number of hydrogen-bond donors (Lipinski definition) is 2. The predicted octanol–water partition coefficient (Wildman–Crippen LogP) is 2.98. The average molecular weight is 260 g/mol. The Bertz CT molecular complexity index is 357. The van der Waals surface area contributed by atoms with Crippen LogP contribution in [0.2, 0.25) is 5.02 Å². The summed E-state index contributed by atoms with van der Waals surface area (Å²) >= 11 is 5.68. The van der Waals surface area contributed by atoms with Gasteiger partial charge in [0.25, 0.3) is 0 Å². The fourth-order valence-electron chi connectivity index (χ4n) is 1.71. The average Bonchev–Trinajstić information content (AvgIpc) is 2.25. The van der Waals surface area contributed by atoms with Crippen molar-refractivity contribution in [3.8, 4) is 0 Å². The van der Waals surface area contributed by atoms with Crippen molar-refractivity contribution in [3.05, 3.63) is 34.6 Å². The van der Waals surface area contributed by atoms with Crippen LogP contribution in [0, 0.1) is 11.7 Å². The molecule has 0 heterocycles. The fraction of sp³-hybridized carbons (Fsp3) is 0.538. The summed E-state index contributed by atoms with van der Waals surface area (Å²) in [6.45, 7) is 4.65. The Kier molecular flexibility index (Phi) is 5.89. The summed E-state index contributed by atoms with van der Waals surface area (Å²) in [4.78, 5) is 0. The zero-order chi connectivity index (χ0) is 12.8. The summed E-state index contributed by atoms with van der Waals surface area (Å²) in [5, 5.41) is 12.7. The zero-order valence-corrected chi connectivity index (χ0v) is 11.0. The maximum atomic E-state index is 13.5. The summed E-state index contributed by atoms with van der Waals surface area (Å²) in [6.07, 6.45) is 0.867. The number of nitrogens with one attached hydrogen (secondary N) is 1. The van der Waals surface area contributed by atoms with Crippen LogP contribution in [0.25, 0.3) is 0 Å². The van der Waals surface area contributed by atoms with Crippen LogP contribution >= 0.6 is 11.6 Å². The monoisotopic (exact) mass is 259 g/mol. The molecule has 17 heavy (non-hydrogen) atoms. The lowest BCUT2D eigenvalue weighted by molar-refractivity contribution is 0.223. The molecule has 0 spiro atoms. The van der Waals surface area contributed by atoms with E-state index < -0.39 is 0 Å². The van der Waals surface area contributed by atoms with Crippen molar-refractivity contribution in [1.29, 1.82) is 0 Å². The van der Waals surface area contributed by atoms with E-state index in [1.54, 1.807) is 12.1 Å². The lowest BCUT2D eigenvalue weighted by atomic mass is 10.0. The molecule has 0 fully saturated rings. The highest BCUT2D eigenvalue weighted by atomic mass is 35.5. The third-order valence-electron chi connectivity index (χ3n) is 2.57. The van der Waals surface area contributed by atoms with Crippen molar-refractivity contribution in [3.63, 3.8) is 0 Å². The van der Waals surface area contributed by atoms with Crippen molar-refractivity contribution < 1.29 is 9.50 Å². The standard InChI is InChI=1S/C13H19ClFNO/c1-9(2)5-12(8-17)16-7-10-3-4-11(14)6-13(10)15/h3-4,6,9,12,16-17H,5,7-8H2,1-2H3. The second-order valence-corrected chi connectivity index (χ2v) is 5.06. The number of aliphatic hydroxyl groups excluding tert-OH is 1. The van der Waals surface area contributed by atoms with Gasteiger partial charge in [0.2, 0.25) is 0 Å². The molecule has 1 aromatic rings. The molecule has 4 heteroatoms. The zero-order valence-electron chi connectivity index (χ0n) is 10.2. The van der Waals surface area contributed by atoms with Gasteiger partial charge in [-0.1, -0.05) is 31.5 Å². The van der Waals surface area contributed by atoms with Crippen LogP contribution in [0.15, 0.2) is 18.2 Å². The molecule has 2 nitrogen and oxygen atoms in total. The minimum Gasteiger partial charge on any atom is -0.395 e. The summed E-state index contributed by atoms with van der Waals surface area (Å²) in [7, 11) is 0. The van der Waals surface area contributed by atoms with Gasteiger partial charge in [-0.2, -0.15) is 0 Å². The Morgan fingerprint density at radius 3 is 2.65 bits per heavy atom. The topological polar surface area (TPSA) is 32.3 Å². The van der Waals surface area contributed by atoms with Gasteiger partial charge in [0.05, 0.1) is 6.61 Å². The molecule has 1 aromatic carbocycles. The van der Waals surface area contributed by atoms with E-state index in [0.29, 0.717) is 23.0 Å². The first-order valence-corrected chi connectivity index (χ1v) is 6.19. The van der Waals surface area contributed by atoms with E-state index in [1.807, 2.05) is 0 Å². The highest BCUT2D eigenvalue weighted by molar-refractivity contribution is 6.30. The number of halogens is 2. The van der Waals surface area contributed by atoms with Crippen LogP contribution in [0.5, 0.6) is 0 Å². The van der Waals surface area contributed by atoms with E-state index in [9.17, 15) is 9.50 Å². The van der Waals surface area contributed by atoms with Crippen LogP contribution in [0.3, 0.4) is 0 Å². The van der Waals surface area contributed by atoms with Gasteiger partial charge < -0.3 is 10.4 Å². The molecule has 0 aliphatic carbocycles. The van der Waals surface area contributed by atoms with Crippen molar-refractivity contribution in [2.45, 2.75) is 32.9 Å². The molecule has 0 saturated heterocycles. The van der Waals surface area contributed by atoms with Crippen molar-refractivity contribution in [2.24, 2.45) is 5.92 Å². The Labute approximate surface area is 107 Å². The summed E-state index contributed by atoms with van der Waals surface area (Å²) in [5.74, 6) is 0.181. The van der Waals surface area contributed by atoms with Crippen molar-refractivity contribution in [2.75, 3.05) is 6.61 Å². The third kappa shape index (κ3) is 5.02. The molecule has 0 aromatic heterocycles. The van der Waals surface area contributed by atoms with E-state index in [1.165, 1.54) is 6.07 Å². The van der Waals surface area contributed by atoms with E-state index in [0.717, 1.165) is 6.42 Å². The van der Waals surface area contributed by atoms with Crippen molar-refractivity contribution in [1.82, 2.24) is 5.32 Å². The normalized spacial score (nSPS) is 13.1. The van der Waals surface area contributed by atoms with E-state index >= 15 is 0 Å². The maximum absolute atomic E-state index is 13.5. The quantitative estimate of drug-likeness (QED) is 0.823. The van der Waals surface area contributed by atoms with Gasteiger partial charge in [-0.25, -0.2) is 4.39 Å². The first-order chi connectivity index (χ1) is 8.02. The number of aliphatic hydroxyl groups is 1. The Morgan fingerprint density at radius 2 is 2.12 bits per heavy atom. The molecular formula is C13H19ClFNO. The molecule has 1 rings (SSSR count). The SMILES string of the molecule is CC(C)CC(CO)NCc1ccc(Cl)cc1F.